The zero-order valence-corrected chi connectivity index (χ0v) is 16.2. The van der Waals surface area contributed by atoms with Crippen molar-refractivity contribution in [3.8, 4) is 11.4 Å². The summed E-state index contributed by atoms with van der Waals surface area (Å²) in [6.45, 7) is 3.59. The lowest BCUT2D eigenvalue weighted by molar-refractivity contribution is -0.144. The van der Waals surface area contributed by atoms with Gasteiger partial charge in [-0.25, -0.2) is 4.98 Å². The van der Waals surface area contributed by atoms with Crippen molar-refractivity contribution in [1.82, 2.24) is 9.55 Å². The molecule has 6 nitrogen and oxygen atoms in total. The first kappa shape index (κ1) is 19.0. The van der Waals surface area contributed by atoms with Crippen LogP contribution in [0.4, 0.5) is 0 Å². The minimum atomic E-state index is -0.348. The summed E-state index contributed by atoms with van der Waals surface area (Å²) in [6, 6.07) is 14.3. The molecule has 3 aromatic rings. The molecule has 2 aromatic carbocycles. The van der Waals surface area contributed by atoms with Gasteiger partial charge in [-0.3, -0.25) is 14.2 Å². The lowest BCUT2D eigenvalue weighted by atomic mass is 10.2. The Morgan fingerprint density at radius 3 is 2.52 bits per heavy atom. The van der Waals surface area contributed by atoms with E-state index in [1.807, 2.05) is 6.07 Å². The molecule has 0 saturated heterocycles. The third kappa shape index (κ3) is 4.31. The second-order valence-corrected chi connectivity index (χ2v) is 7.02. The number of hydrogen-bond acceptors (Lipinski definition) is 6. The number of nitrogens with zero attached hydrogens (tertiary/aromatic N) is 2. The third-order valence-corrected chi connectivity index (χ3v) is 4.67. The summed E-state index contributed by atoms with van der Waals surface area (Å²) >= 11 is 1.18. The number of hydrogen-bond donors (Lipinski definition) is 0. The van der Waals surface area contributed by atoms with E-state index >= 15 is 0 Å². The number of aromatic nitrogens is 2. The Balaban J connectivity index is 2.06. The van der Waals surface area contributed by atoms with Gasteiger partial charge in [0.25, 0.3) is 5.56 Å². The molecular formula is C20H20N2O4S. The highest BCUT2D eigenvalue weighted by Gasteiger charge is 2.15. The van der Waals surface area contributed by atoms with Gasteiger partial charge in [0.15, 0.2) is 5.16 Å². The molecule has 27 heavy (non-hydrogen) atoms. The van der Waals surface area contributed by atoms with Gasteiger partial charge in [0, 0.05) is 0 Å². The summed E-state index contributed by atoms with van der Waals surface area (Å²) in [4.78, 5) is 29.6. The van der Waals surface area contributed by atoms with Crippen molar-refractivity contribution in [3.05, 3.63) is 58.9 Å². The maximum atomic E-state index is 13.1. The summed E-state index contributed by atoms with van der Waals surface area (Å²) in [5, 5.41) is 0.951. The molecule has 0 unspecified atom stereocenters. The third-order valence-electron chi connectivity index (χ3n) is 3.76. The molecule has 1 aromatic heterocycles. The number of esters is 1. The number of rotatable bonds is 6. The second kappa shape index (κ2) is 8.26. The number of carbonyl (C=O) groups excluding carboxylic acids is 1. The summed E-state index contributed by atoms with van der Waals surface area (Å²) in [6.07, 6.45) is -0.188. The molecule has 7 heteroatoms. The van der Waals surface area contributed by atoms with Crippen LogP contribution in [0.25, 0.3) is 16.6 Å². The van der Waals surface area contributed by atoms with E-state index in [9.17, 15) is 9.59 Å². The van der Waals surface area contributed by atoms with E-state index in [0.29, 0.717) is 27.5 Å². The van der Waals surface area contributed by atoms with E-state index in [4.69, 9.17) is 9.47 Å². The number of methoxy groups -OCH3 is 1. The molecule has 0 aliphatic heterocycles. The predicted octanol–water partition coefficient (Wildman–Crippen LogP) is 3.44. The molecule has 140 valence electrons. The van der Waals surface area contributed by atoms with Crippen molar-refractivity contribution in [2.45, 2.75) is 25.1 Å². The van der Waals surface area contributed by atoms with Crippen molar-refractivity contribution < 1.29 is 14.3 Å². The Labute approximate surface area is 161 Å². The maximum absolute atomic E-state index is 13.1. The monoisotopic (exact) mass is 384 g/mol. The number of fused-ring (bicyclic) bond motifs is 1. The molecule has 0 aliphatic carbocycles. The highest BCUT2D eigenvalue weighted by molar-refractivity contribution is 7.99. The summed E-state index contributed by atoms with van der Waals surface area (Å²) in [5.41, 5.74) is 1.05. The average Bonchev–Trinajstić information content (AvgIpc) is 2.66. The minimum absolute atomic E-state index is 0.0686. The normalized spacial score (nSPS) is 11.0. The smallest absolute Gasteiger partial charge is 0.316 e. The molecule has 0 radical (unpaired) electrons. The summed E-state index contributed by atoms with van der Waals surface area (Å²) in [7, 11) is 1.58. The van der Waals surface area contributed by atoms with Gasteiger partial charge in [0.2, 0.25) is 0 Å². The number of benzene rings is 2. The lowest BCUT2D eigenvalue weighted by Gasteiger charge is -2.14. The van der Waals surface area contributed by atoms with Crippen LogP contribution in [0, 0.1) is 0 Å². The number of ether oxygens (including phenoxy) is 2. The Morgan fingerprint density at radius 1 is 1.15 bits per heavy atom. The summed E-state index contributed by atoms with van der Waals surface area (Å²) < 4.78 is 11.9. The van der Waals surface area contributed by atoms with Gasteiger partial charge >= 0.3 is 5.97 Å². The predicted molar refractivity (Wildman–Crippen MR) is 106 cm³/mol. The molecule has 0 aliphatic rings. The number of para-hydroxylation sites is 1. The van der Waals surface area contributed by atoms with Gasteiger partial charge in [-0.1, -0.05) is 23.9 Å². The maximum Gasteiger partial charge on any atom is 0.316 e. The van der Waals surface area contributed by atoms with E-state index in [1.54, 1.807) is 63.4 Å². The molecule has 0 N–H and O–H groups in total. The molecule has 0 fully saturated rings. The quantitative estimate of drug-likeness (QED) is 0.368. The standard InChI is InChI=1S/C20H20N2O4S/c1-13(2)26-18(23)12-27-20-21-17-7-5-4-6-16(17)19(24)22(20)14-8-10-15(25-3)11-9-14/h4-11,13H,12H2,1-3H3. The van der Waals surface area contributed by atoms with Crippen LogP contribution in [0.15, 0.2) is 58.5 Å². The van der Waals surface area contributed by atoms with Crippen LogP contribution in [0.1, 0.15) is 13.8 Å². The Morgan fingerprint density at radius 2 is 1.85 bits per heavy atom. The fourth-order valence-corrected chi connectivity index (χ4v) is 3.38. The Bertz CT molecular complexity index is 1010. The van der Waals surface area contributed by atoms with Gasteiger partial charge in [-0.15, -0.1) is 0 Å². The first-order valence-electron chi connectivity index (χ1n) is 8.48. The molecule has 0 spiro atoms. The van der Waals surface area contributed by atoms with Crippen LogP contribution < -0.4 is 10.3 Å². The fourth-order valence-electron chi connectivity index (χ4n) is 2.59. The van der Waals surface area contributed by atoms with Crippen LogP contribution in [0.3, 0.4) is 0 Å². The minimum Gasteiger partial charge on any atom is -0.497 e. The van der Waals surface area contributed by atoms with Crippen LogP contribution in [0.2, 0.25) is 0 Å². The lowest BCUT2D eigenvalue weighted by Crippen LogP contribution is -2.22. The van der Waals surface area contributed by atoms with Crippen LogP contribution in [-0.2, 0) is 9.53 Å². The first-order chi connectivity index (χ1) is 13.0. The van der Waals surface area contributed by atoms with Gasteiger partial charge < -0.3 is 9.47 Å². The van der Waals surface area contributed by atoms with Crippen LogP contribution in [0.5, 0.6) is 5.75 Å². The van der Waals surface area contributed by atoms with Crippen molar-refractivity contribution in [2.24, 2.45) is 0 Å². The molecule has 0 amide bonds. The highest BCUT2D eigenvalue weighted by atomic mass is 32.2. The average molecular weight is 384 g/mol. The van der Waals surface area contributed by atoms with Gasteiger partial charge in [-0.2, -0.15) is 0 Å². The van der Waals surface area contributed by atoms with E-state index in [2.05, 4.69) is 4.98 Å². The number of thioether (sulfide) groups is 1. The Kier molecular flexibility index (Phi) is 5.81. The molecule has 3 rings (SSSR count). The van der Waals surface area contributed by atoms with Crippen molar-refractivity contribution in [1.29, 1.82) is 0 Å². The molecule has 0 saturated carbocycles. The largest absolute Gasteiger partial charge is 0.497 e. The molecule has 1 heterocycles. The molecule has 0 bridgehead atoms. The van der Waals surface area contributed by atoms with Crippen molar-refractivity contribution >= 4 is 28.6 Å². The van der Waals surface area contributed by atoms with Crippen LogP contribution in [-0.4, -0.2) is 34.5 Å². The van der Waals surface area contributed by atoms with Gasteiger partial charge in [0.05, 0.1) is 35.6 Å². The summed E-state index contributed by atoms with van der Waals surface area (Å²) in [5.74, 6) is 0.410. The zero-order valence-electron chi connectivity index (χ0n) is 15.3. The zero-order chi connectivity index (χ0) is 19.4. The van der Waals surface area contributed by atoms with Crippen molar-refractivity contribution in [2.75, 3.05) is 12.9 Å². The second-order valence-electron chi connectivity index (χ2n) is 6.08. The van der Waals surface area contributed by atoms with E-state index < -0.39 is 0 Å². The van der Waals surface area contributed by atoms with E-state index in [-0.39, 0.29) is 23.4 Å². The Hall–Kier alpha value is -2.80. The number of carbonyl (C=O) groups is 1. The van der Waals surface area contributed by atoms with Crippen LogP contribution >= 0.6 is 11.8 Å². The van der Waals surface area contributed by atoms with Gasteiger partial charge in [0.1, 0.15) is 5.75 Å². The van der Waals surface area contributed by atoms with E-state index in [0.717, 1.165) is 0 Å². The first-order valence-corrected chi connectivity index (χ1v) is 9.46. The topological polar surface area (TPSA) is 70.4 Å². The van der Waals surface area contributed by atoms with Gasteiger partial charge in [-0.05, 0) is 50.2 Å². The molecular weight excluding hydrogens is 364 g/mol. The van der Waals surface area contributed by atoms with Crippen molar-refractivity contribution in [3.63, 3.8) is 0 Å². The molecule has 0 atom stereocenters. The SMILES string of the molecule is COc1ccc(-n2c(SCC(=O)OC(C)C)nc3ccccc3c2=O)cc1. The highest BCUT2D eigenvalue weighted by Crippen LogP contribution is 2.23. The fraction of sp³-hybridized carbons (Fsp3) is 0.250. The van der Waals surface area contributed by atoms with E-state index in [1.165, 1.54) is 16.3 Å².